The van der Waals surface area contributed by atoms with Gasteiger partial charge in [0.15, 0.2) is 0 Å². The molecule has 2 atom stereocenters. The van der Waals surface area contributed by atoms with E-state index in [-0.39, 0.29) is 0 Å². The van der Waals surface area contributed by atoms with Gasteiger partial charge in [-0.1, -0.05) is 39.2 Å². The number of unbranched alkanes of at least 4 members (excludes halogenated alkanes) is 1. The van der Waals surface area contributed by atoms with Gasteiger partial charge in [-0.15, -0.1) is 6.58 Å². The molecule has 2 unspecified atom stereocenters. The molecule has 0 aromatic rings. The minimum Gasteiger partial charge on any atom is -0.313 e. The maximum absolute atomic E-state index is 3.85. The second-order valence-electron chi connectivity index (χ2n) is 3.36. The van der Waals surface area contributed by atoms with Gasteiger partial charge in [0.1, 0.15) is 0 Å². The Kier molecular flexibility index (Phi) is 7.17. The Balaban J connectivity index is 3.83. The molecule has 0 amide bonds. The third-order valence-electron chi connectivity index (χ3n) is 2.55. The van der Waals surface area contributed by atoms with Gasteiger partial charge in [-0.2, -0.15) is 0 Å². The van der Waals surface area contributed by atoms with Crippen LogP contribution in [0.25, 0.3) is 0 Å². The van der Waals surface area contributed by atoms with Crippen molar-refractivity contribution >= 4 is 0 Å². The molecule has 0 bridgehead atoms. The van der Waals surface area contributed by atoms with E-state index in [1.165, 1.54) is 25.7 Å². The van der Waals surface area contributed by atoms with Gasteiger partial charge >= 0.3 is 0 Å². The number of likely N-dealkylation sites (N-methyl/N-ethyl adjacent to an activating group) is 1. The van der Waals surface area contributed by atoms with Crippen molar-refractivity contribution in [3.05, 3.63) is 12.7 Å². The van der Waals surface area contributed by atoms with Crippen molar-refractivity contribution in [2.24, 2.45) is 5.92 Å². The largest absolute Gasteiger partial charge is 0.313 e. The summed E-state index contributed by atoms with van der Waals surface area (Å²) in [4.78, 5) is 0. The fourth-order valence-electron chi connectivity index (χ4n) is 1.65. The lowest BCUT2D eigenvalue weighted by atomic mass is 9.91. The van der Waals surface area contributed by atoms with Crippen LogP contribution in [0.1, 0.15) is 39.5 Å². The third-order valence-corrected chi connectivity index (χ3v) is 2.55. The van der Waals surface area contributed by atoms with E-state index in [1.54, 1.807) is 0 Å². The van der Waals surface area contributed by atoms with E-state index in [4.69, 9.17) is 0 Å². The molecule has 0 saturated heterocycles. The number of hydrogen-bond acceptors (Lipinski definition) is 1. The lowest BCUT2D eigenvalue weighted by Gasteiger charge is -2.22. The van der Waals surface area contributed by atoms with E-state index in [9.17, 15) is 0 Å². The molecule has 0 spiro atoms. The highest BCUT2D eigenvalue weighted by Crippen LogP contribution is 2.17. The molecule has 0 rings (SSSR count). The summed E-state index contributed by atoms with van der Waals surface area (Å²) in [5.41, 5.74) is 0. The van der Waals surface area contributed by atoms with Crippen molar-refractivity contribution in [2.75, 3.05) is 7.05 Å². The van der Waals surface area contributed by atoms with Gasteiger partial charge in [-0.3, -0.25) is 0 Å². The van der Waals surface area contributed by atoms with Crippen molar-refractivity contribution in [1.82, 2.24) is 5.32 Å². The average Bonchev–Trinajstić information content (AvgIpc) is 2.12. The topological polar surface area (TPSA) is 12.0 Å². The number of nitrogens with one attached hydrogen (secondary N) is 1. The molecule has 0 aliphatic rings. The second kappa shape index (κ2) is 7.35. The zero-order valence-corrected chi connectivity index (χ0v) is 8.77. The van der Waals surface area contributed by atoms with Crippen molar-refractivity contribution in [2.45, 2.75) is 45.6 Å². The molecule has 0 heterocycles. The Morgan fingerprint density at radius 1 is 1.42 bits per heavy atom. The van der Waals surface area contributed by atoms with Crippen LogP contribution >= 0.6 is 0 Å². The molecule has 0 aliphatic carbocycles. The Hall–Kier alpha value is -0.300. The van der Waals surface area contributed by atoms with Crippen LogP contribution in [0, 0.1) is 5.92 Å². The summed E-state index contributed by atoms with van der Waals surface area (Å²) in [6, 6.07) is 0.501. The summed E-state index contributed by atoms with van der Waals surface area (Å²) < 4.78 is 0. The maximum Gasteiger partial charge on any atom is 0.0272 e. The van der Waals surface area contributed by atoms with Crippen LogP contribution in [-0.4, -0.2) is 13.1 Å². The van der Waals surface area contributed by atoms with Gasteiger partial charge in [0.25, 0.3) is 0 Å². The molecular weight excluding hydrogens is 146 g/mol. The fourth-order valence-corrected chi connectivity index (χ4v) is 1.65. The summed E-state index contributed by atoms with van der Waals surface area (Å²) in [5, 5.41) is 3.29. The van der Waals surface area contributed by atoms with Crippen LogP contribution < -0.4 is 5.32 Å². The van der Waals surface area contributed by atoms with Gasteiger partial charge in [0.05, 0.1) is 0 Å². The van der Waals surface area contributed by atoms with Crippen molar-refractivity contribution in [3.8, 4) is 0 Å². The Labute approximate surface area is 77.2 Å². The highest BCUT2D eigenvalue weighted by molar-refractivity contribution is 4.89. The predicted octanol–water partition coefficient (Wildman–Crippen LogP) is 2.98. The van der Waals surface area contributed by atoms with E-state index in [2.05, 4.69) is 25.7 Å². The van der Waals surface area contributed by atoms with Crippen LogP contribution in [0.15, 0.2) is 12.7 Å². The van der Waals surface area contributed by atoms with Gasteiger partial charge in [0, 0.05) is 6.04 Å². The summed E-state index contributed by atoms with van der Waals surface area (Å²) in [5.74, 6) is 0.771. The average molecular weight is 169 g/mol. The third kappa shape index (κ3) is 3.91. The molecule has 1 heteroatoms. The molecule has 0 saturated carbocycles. The summed E-state index contributed by atoms with van der Waals surface area (Å²) in [6.07, 6.45) is 7.24. The van der Waals surface area contributed by atoms with E-state index in [1.807, 2.05) is 13.1 Å². The van der Waals surface area contributed by atoms with Crippen LogP contribution in [0.5, 0.6) is 0 Å². The lowest BCUT2D eigenvalue weighted by molar-refractivity contribution is 0.377. The van der Waals surface area contributed by atoms with Gasteiger partial charge < -0.3 is 5.32 Å². The molecule has 72 valence electrons. The number of rotatable bonds is 7. The first-order chi connectivity index (χ1) is 5.79. The monoisotopic (exact) mass is 169 g/mol. The summed E-state index contributed by atoms with van der Waals surface area (Å²) >= 11 is 0. The highest BCUT2D eigenvalue weighted by Gasteiger charge is 2.13. The van der Waals surface area contributed by atoms with Crippen LogP contribution in [0.2, 0.25) is 0 Å². The Morgan fingerprint density at radius 3 is 2.42 bits per heavy atom. The Morgan fingerprint density at radius 2 is 2.08 bits per heavy atom. The molecule has 1 nitrogen and oxygen atoms in total. The van der Waals surface area contributed by atoms with Gasteiger partial charge in [-0.05, 0) is 19.4 Å². The fraction of sp³-hybridized carbons (Fsp3) is 0.818. The SMILES string of the molecule is C=CC(NC)C(CC)CCCC. The van der Waals surface area contributed by atoms with E-state index in [0.29, 0.717) is 6.04 Å². The van der Waals surface area contributed by atoms with E-state index in [0.717, 1.165) is 5.92 Å². The van der Waals surface area contributed by atoms with Crippen LogP contribution in [0.4, 0.5) is 0 Å². The molecule has 1 N–H and O–H groups in total. The van der Waals surface area contributed by atoms with E-state index < -0.39 is 0 Å². The summed E-state index contributed by atoms with van der Waals surface area (Å²) in [7, 11) is 2.01. The highest BCUT2D eigenvalue weighted by atomic mass is 14.9. The van der Waals surface area contributed by atoms with Gasteiger partial charge in [-0.25, -0.2) is 0 Å². The first-order valence-corrected chi connectivity index (χ1v) is 5.09. The first-order valence-electron chi connectivity index (χ1n) is 5.09. The smallest absolute Gasteiger partial charge is 0.0272 e. The molecule has 0 aromatic carbocycles. The standard InChI is InChI=1S/C11H23N/c1-5-8-9-10(6-2)11(7-3)12-4/h7,10-12H,3,5-6,8-9H2,1-2,4H3. The zero-order valence-electron chi connectivity index (χ0n) is 8.77. The molecular formula is C11H23N. The quantitative estimate of drug-likeness (QED) is 0.578. The minimum atomic E-state index is 0.501. The molecule has 0 radical (unpaired) electrons. The lowest BCUT2D eigenvalue weighted by Crippen LogP contribution is -2.31. The molecule has 0 fully saturated rings. The second-order valence-corrected chi connectivity index (χ2v) is 3.36. The van der Waals surface area contributed by atoms with E-state index >= 15 is 0 Å². The van der Waals surface area contributed by atoms with Crippen molar-refractivity contribution in [1.29, 1.82) is 0 Å². The molecule has 0 aromatic heterocycles. The van der Waals surface area contributed by atoms with Crippen molar-refractivity contribution < 1.29 is 0 Å². The maximum atomic E-state index is 3.85. The van der Waals surface area contributed by atoms with Crippen molar-refractivity contribution in [3.63, 3.8) is 0 Å². The van der Waals surface area contributed by atoms with Gasteiger partial charge in [0.2, 0.25) is 0 Å². The molecule has 0 aliphatic heterocycles. The first kappa shape index (κ1) is 11.7. The normalized spacial score (nSPS) is 15.6. The van der Waals surface area contributed by atoms with Crippen LogP contribution in [0.3, 0.4) is 0 Å². The minimum absolute atomic E-state index is 0.501. The predicted molar refractivity (Wildman–Crippen MR) is 56.4 cm³/mol. The van der Waals surface area contributed by atoms with Crippen LogP contribution in [-0.2, 0) is 0 Å². The number of hydrogen-bond donors (Lipinski definition) is 1. The summed E-state index contributed by atoms with van der Waals surface area (Å²) in [6.45, 7) is 8.35. The zero-order chi connectivity index (χ0) is 9.40. The Bertz CT molecular complexity index is 110. The molecule has 12 heavy (non-hydrogen) atoms.